The highest BCUT2D eigenvalue weighted by Crippen LogP contribution is 2.23. The second-order valence-corrected chi connectivity index (χ2v) is 4.88. The van der Waals surface area contributed by atoms with Crippen LogP contribution in [0.15, 0.2) is 27.4 Å². The van der Waals surface area contributed by atoms with Crippen molar-refractivity contribution in [3.05, 3.63) is 28.7 Å². The van der Waals surface area contributed by atoms with Gasteiger partial charge in [-0.05, 0) is 37.8 Å². The van der Waals surface area contributed by atoms with E-state index in [2.05, 4.69) is 10.3 Å². The van der Waals surface area contributed by atoms with Crippen molar-refractivity contribution in [1.29, 1.82) is 0 Å². The molecule has 5 nitrogen and oxygen atoms in total. The van der Waals surface area contributed by atoms with Crippen LogP contribution < -0.4 is 11.1 Å². The summed E-state index contributed by atoms with van der Waals surface area (Å²) in [4.78, 5) is 13.7. The predicted octanol–water partition coefficient (Wildman–Crippen LogP) is 1.84. The Morgan fingerprint density at radius 1 is 1.28 bits per heavy atom. The van der Waals surface area contributed by atoms with Gasteiger partial charge in [0.15, 0.2) is 5.58 Å². The Morgan fingerprint density at radius 3 is 2.83 bits per heavy atom. The summed E-state index contributed by atoms with van der Waals surface area (Å²) in [6.45, 7) is 0. The summed E-state index contributed by atoms with van der Waals surface area (Å²) in [5.74, 6) is -0.428. The van der Waals surface area contributed by atoms with E-state index >= 15 is 0 Å². The van der Waals surface area contributed by atoms with Crippen molar-refractivity contribution in [2.24, 2.45) is 0 Å². The Bertz CT molecular complexity index is 594. The minimum atomic E-state index is -0.428. The molecule has 1 saturated carbocycles. The fourth-order valence-electron chi connectivity index (χ4n) is 2.49. The number of nitrogens with one attached hydrogen (secondary N) is 2. The summed E-state index contributed by atoms with van der Waals surface area (Å²) < 4.78 is 5.02. The van der Waals surface area contributed by atoms with E-state index in [0.29, 0.717) is 17.1 Å². The van der Waals surface area contributed by atoms with Gasteiger partial charge in [0, 0.05) is 17.8 Å². The summed E-state index contributed by atoms with van der Waals surface area (Å²) in [6.07, 6.45) is 3.48. The third-order valence-electron chi connectivity index (χ3n) is 3.49. The molecule has 0 amide bonds. The largest absolute Gasteiger partial charge is 0.417 e. The molecule has 0 aliphatic heterocycles. The van der Waals surface area contributed by atoms with Gasteiger partial charge < -0.3 is 14.8 Å². The van der Waals surface area contributed by atoms with Crippen molar-refractivity contribution < 1.29 is 9.52 Å². The maximum atomic E-state index is 11.1. The van der Waals surface area contributed by atoms with Crippen molar-refractivity contribution in [2.75, 3.05) is 5.32 Å². The average molecular weight is 248 g/mol. The molecule has 1 fully saturated rings. The van der Waals surface area contributed by atoms with Crippen LogP contribution in [0.2, 0.25) is 0 Å². The second kappa shape index (κ2) is 4.49. The Kier molecular flexibility index (Phi) is 2.83. The molecule has 2 aromatic rings. The lowest BCUT2D eigenvalue weighted by atomic mass is 9.93. The van der Waals surface area contributed by atoms with Crippen LogP contribution in [-0.4, -0.2) is 22.2 Å². The number of anilines is 1. The van der Waals surface area contributed by atoms with E-state index in [9.17, 15) is 9.90 Å². The van der Waals surface area contributed by atoms with E-state index in [1.165, 1.54) is 0 Å². The van der Waals surface area contributed by atoms with Crippen molar-refractivity contribution in [3.63, 3.8) is 0 Å². The van der Waals surface area contributed by atoms with Gasteiger partial charge in [-0.3, -0.25) is 4.98 Å². The lowest BCUT2D eigenvalue weighted by Crippen LogP contribution is -2.28. The Labute approximate surface area is 104 Å². The maximum absolute atomic E-state index is 11.1. The number of oxazole rings is 1. The van der Waals surface area contributed by atoms with Gasteiger partial charge in [-0.2, -0.15) is 0 Å². The van der Waals surface area contributed by atoms with Gasteiger partial charge in [0.05, 0.1) is 11.6 Å². The molecule has 3 N–H and O–H groups in total. The zero-order valence-electron chi connectivity index (χ0n) is 9.98. The van der Waals surface area contributed by atoms with Crippen LogP contribution in [0.25, 0.3) is 11.1 Å². The Balaban J connectivity index is 1.76. The van der Waals surface area contributed by atoms with Gasteiger partial charge in [0.25, 0.3) is 0 Å². The number of aliphatic hydroxyl groups is 1. The fourth-order valence-corrected chi connectivity index (χ4v) is 2.49. The first kappa shape index (κ1) is 11.3. The maximum Gasteiger partial charge on any atom is 0.417 e. The van der Waals surface area contributed by atoms with Crippen LogP contribution >= 0.6 is 0 Å². The van der Waals surface area contributed by atoms with Gasteiger partial charge in [-0.15, -0.1) is 0 Å². The zero-order valence-corrected chi connectivity index (χ0v) is 9.98. The van der Waals surface area contributed by atoms with Crippen LogP contribution in [0.1, 0.15) is 25.7 Å². The molecule has 18 heavy (non-hydrogen) atoms. The molecule has 0 bridgehead atoms. The van der Waals surface area contributed by atoms with E-state index < -0.39 is 5.76 Å². The number of benzene rings is 1. The summed E-state index contributed by atoms with van der Waals surface area (Å²) in [6, 6.07) is 5.98. The number of hydrogen-bond donors (Lipinski definition) is 3. The number of aromatic amines is 1. The first-order chi connectivity index (χ1) is 8.70. The normalized spacial score (nSPS) is 24.3. The van der Waals surface area contributed by atoms with Crippen LogP contribution in [0, 0.1) is 0 Å². The van der Waals surface area contributed by atoms with E-state index in [1.807, 2.05) is 18.2 Å². The van der Waals surface area contributed by atoms with E-state index in [1.54, 1.807) is 0 Å². The van der Waals surface area contributed by atoms with Crippen molar-refractivity contribution in [3.8, 4) is 0 Å². The molecule has 1 heterocycles. The topological polar surface area (TPSA) is 78.3 Å². The molecule has 1 aromatic carbocycles. The Morgan fingerprint density at radius 2 is 2.06 bits per heavy atom. The highest BCUT2D eigenvalue weighted by atomic mass is 16.4. The van der Waals surface area contributed by atoms with Crippen molar-refractivity contribution >= 4 is 16.8 Å². The molecule has 1 aromatic heterocycles. The molecule has 0 atom stereocenters. The van der Waals surface area contributed by atoms with E-state index in [4.69, 9.17) is 4.42 Å². The minimum Gasteiger partial charge on any atom is -0.408 e. The number of aliphatic hydroxyl groups excluding tert-OH is 1. The molecule has 5 heteroatoms. The summed E-state index contributed by atoms with van der Waals surface area (Å²) >= 11 is 0. The Hall–Kier alpha value is -1.75. The van der Waals surface area contributed by atoms with Crippen molar-refractivity contribution in [1.82, 2.24) is 4.98 Å². The molecule has 0 radical (unpaired) electrons. The molecule has 0 unspecified atom stereocenters. The first-order valence-corrected chi connectivity index (χ1v) is 6.28. The predicted molar refractivity (Wildman–Crippen MR) is 68.7 cm³/mol. The zero-order chi connectivity index (χ0) is 12.5. The summed E-state index contributed by atoms with van der Waals surface area (Å²) in [5.41, 5.74) is 2.23. The second-order valence-electron chi connectivity index (χ2n) is 4.88. The van der Waals surface area contributed by atoms with Crippen LogP contribution in [0.3, 0.4) is 0 Å². The summed E-state index contributed by atoms with van der Waals surface area (Å²) in [7, 11) is 0. The van der Waals surface area contributed by atoms with Crippen molar-refractivity contribution in [2.45, 2.75) is 37.8 Å². The molecular formula is C13H16N2O3. The van der Waals surface area contributed by atoms with E-state index in [-0.39, 0.29) is 6.10 Å². The monoisotopic (exact) mass is 248 g/mol. The average Bonchev–Trinajstić information content (AvgIpc) is 2.71. The van der Waals surface area contributed by atoms with Crippen LogP contribution in [0.4, 0.5) is 5.69 Å². The minimum absolute atomic E-state index is 0.145. The molecule has 3 rings (SSSR count). The number of rotatable bonds is 2. The third-order valence-corrected chi connectivity index (χ3v) is 3.49. The first-order valence-electron chi connectivity index (χ1n) is 6.28. The van der Waals surface area contributed by atoms with Gasteiger partial charge in [0.2, 0.25) is 0 Å². The molecule has 96 valence electrons. The van der Waals surface area contributed by atoms with Crippen LogP contribution in [-0.2, 0) is 0 Å². The quantitative estimate of drug-likeness (QED) is 0.757. The number of hydrogen-bond acceptors (Lipinski definition) is 4. The van der Waals surface area contributed by atoms with Gasteiger partial charge in [0.1, 0.15) is 0 Å². The van der Waals surface area contributed by atoms with Gasteiger partial charge in [-0.25, -0.2) is 4.79 Å². The lowest BCUT2D eigenvalue weighted by Gasteiger charge is -2.26. The number of H-pyrrole nitrogens is 1. The third kappa shape index (κ3) is 2.26. The van der Waals surface area contributed by atoms with Gasteiger partial charge in [-0.1, -0.05) is 0 Å². The standard InChI is InChI=1S/C13H16N2O3/c16-10-4-1-8(2-5-10)14-9-3-6-11-12(7-9)18-13(17)15-11/h3,6-8,10,14,16H,1-2,4-5H2,(H,15,17). The molecule has 1 aliphatic rings. The molecule has 1 aliphatic carbocycles. The SMILES string of the molecule is O=c1[nH]c2ccc(NC3CCC(O)CC3)cc2o1. The smallest absolute Gasteiger partial charge is 0.408 e. The molecule has 0 spiro atoms. The molecular weight excluding hydrogens is 232 g/mol. The highest BCUT2D eigenvalue weighted by Gasteiger charge is 2.19. The summed E-state index contributed by atoms with van der Waals surface area (Å²) in [5, 5.41) is 12.9. The number of fused-ring (bicyclic) bond motifs is 1. The highest BCUT2D eigenvalue weighted by molar-refractivity contribution is 5.76. The lowest BCUT2D eigenvalue weighted by molar-refractivity contribution is 0.126. The fraction of sp³-hybridized carbons (Fsp3) is 0.462. The van der Waals surface area contributed by atoms with Gasteiger partial charge >= 0.3 is 5.76 Å². The number of aromatic nitrogens is 1. The molecule has 0 saturated heterocycles. The van der Waals surface area contributed by atoms with E-state index in [0.717, 1.165) is 31.4 Å². The van der Waals surface area contributed by atoms with Crippen LogP contribution in [0.5, 0.6) is 0 Å².